The van der Waals surface area contributed by atoms with Crippen molar-refractivity contribution in [2.45, 2.75) is 44.6 Å². The minimum atomic E-state index is -0.475. The number of nitriles is 1. The molecule has 0 atom stereocenters. The molecule has 0 saturated carbocycles. The number of hydrogen-bond donors (Lipinski definition) is 0. The summed E-state index contributed by atoms with van der Waals surface area (Å²) in [7, 11) is 1.91. The average Bonchev–Trinajstić information content (AvgIpc) is 3.07. The van der Waals surface area contributed by atoms with Gasteiger partial charge in [0.2, 0.25) is 0 Å². The summed E-state index contributed by atoms with van der Waals surface area (Å²) < 4.78 is 7.70. The summed E-state index contributed by atoms with van der Waals surface area (Å²) in [5.41, 5.74) is 2.50. The highest BCUT2D eigenvalue weighted by Crippen LogP contribution is 2.37. The third-order valence-electron chi connectivity index (χ3n) is 5.06. The number of aromatic nitrogens is 2. The fraction of sp³-hybridized carbons (Fsp3) is 0.455. The minimum absolute atomic E-state index is 0.265. The molecule has 1 aliphatic rings. The normalized spacial score (nSPS) is 16.6. The molecule has 5 nitrogen and oxygen atoms in total. The molecule has 1 saturated heterocycles. The Kier molecular flexibility index (Phi) is 5.01. The molecule has 1 aliphatic heterocycles. The molecule has 0 bridgehead atoms. The molecule has 5 heteroatoms. The second-order valence-electron chi connectivity index (χ2n) is 8.27. The van der Waals surface area contributed by atoms with Crippen molar-refractivity contribution in [1.82, 2.24) is 14.7 Å². The maximum absolute atomic E-state index is 10.0. The summed E-state index contributed by atoms with van der Waals surface area (Å²) >= 11 is 0. The van der Waals surface area contributed by atoms with Crippen LogP contribution in [0.1, 0.15) is 39.2 Å². The lowest BCUT2D eigenvalue weighted by molar-refractivity contribution is -0.00531. The Morgan fingerprint density at radius 2 is 1.96 bits per heavy atom. The summed E-state index contributed by atoms with van der Waals surface area (Å²) in [5, 5.41) is 14.3. The van der Waals surface area contributed by atoms with Gasteiger partial charge in [0.15, 0.2) is 5.88 Å². The molecule has 0 radical (unpaired) electrons. The van der Waals surface area contributed by atoms with Crippen LogP contribution in [0.3, 0.4) is 0 Å². The molecule has 0 spiro atoms. The number of aryl methyl sites for hydroxylation is 1. The molecule has 27 heavy (non-hydrogen) atoms. The number of likely N-dealkylation sites (tertiary alicyclic amines) is 1. The molecular formula is C22H28N4O. The number of hydrogen-bond acceptors (Lipinski definition) is 4. The Hall–Kier alpha value is -2.74. The number of piperidine rings is 1. The van der Waals surface area contributed by atoms with Gasteiger partial charge in [-0.2, -0.15) is 10.4 Å². The van der Waals surface area contributed by atoms with E-state index in [0.29, 0.717) is 5.88 Å². The minimum Gasteiger partial charge on any atom is -0.474 e. The molecular weight excluding hydrogens is 336 g/mol. The zero-order chi connectivity index (χ0) is 19.7. The van der Waals surface area contributed by atoms with Crippen LogP contribution in [0.5, 0.6) is 0 Å². The number of nitrogens with zero attached hydrogens (tertiary/aromatic N) is 4. The Morgan fingerprint density at radius 1 is 1.26 bits per heavy atom. The van der Waals surface area contributed by atoms with Gasteiger partial charge in [-0.15, -0.1) is 0 Å². The first-order valence-corrected chi connectivity index (χ1v) is 9.36. The molecule has 0 aliphatic carbocycles. The van der Waals surface area contributed by atoms with Gasteiger partial charge in [0.25, 0.3) is 0 Å². The molecule has 1 fully saturated rings. The maximum Gasteiger partial charge on any atom is 0.182 e. The van der Waals surface area contributed by atoms with Crippen LogP contribution >= 0.6 is 0 Å². The third-order valence-corrected chi connectivity index (χ3v) is 5.06. The van der Waals surface area contributed by atoms with Crippen LogP contribution in [-0.4, -0.2) is 33.4 Å². The average molecular weight is 364 g/mol. The molecule has 0 amide bonds. The second-order valence-corrected chi connectivity index (χ2v) is 8.27. The zero-order valence-corrected chi connectivity index (χ0v) is 16.7. The van der Waals surface area contributed by atoms with Crippen molar-refractivity contribution >= 4 is 0 Å². The van der Waals surface area contributed by atoms with E-state index in [4.69, 9.17) is 4.74 Å². The van der Waals surface area contributed by atoms with E-state index in [9.17, 15) is 5.26 Å². The molecule has 2 heterocycles. The van der Waals surface area contributed by atoms with Gasteiger partial charge in [0, 0.05) is 31.9 Å². The van der Waals surface area contributed by atoms with E-state index in [1.807, 2.05) is 46.3 Å². The van der Waals surface area contributed by atoms with Crippen LogP contribution in [0.15, 0.2) is 49.1 Å². The lowest BCUT2D eigenvalue weighted by Gasteiger charge is -2.40. The fourth-order valence-electron chi connectivity index (χ4n) is 3.59. The van der Waals surface area contributed by atoms with Crippen molar-refractivity contribution in [1.29, 1.82) is 5.26 Å². The molecule has 1 aromatic heterocycles. The summed E-state index contributed by atoms with van der Waals surface area (Å²) in [6, 6.07) is 10.9. The predicted molar refractivity (Wildman–Crippen MR) is 107 cm³/mol. The SMILES string of the molecule is C=C(OC(C)(C)C)N1CCC(C#N)(c2cccc(-c3cnn(C)c3)c2)CC1. The Balaban J connectivity index is 1.78. The molecule has 0 unspecified atom stereocenters. The van der Waals surface area contributed by atoms with Gasteiger partial charge in [-0.3, -0.25) is 4.68 Å². The van der Waals surface area contributed by atoms with Crippen LogP contribution in [0.4, 0.5) is 0 Å². The summed E-state index contributed by atoms with van der Waals surface area (Å²) in [4.78, 5) is 2.14. The van der Waals surface area contributed by atoms with E-state index < -0.39 is 5.41 Å². The first-order chi connectivity index (χ1) is 12.7. The Morgan fingerprint density at radius 3 is 2.52 bits per heavy atom. The van der Waals surface area contributed by atoms with Gasteiger partial charge < -0.3 is 9.64 Å². The summed E-state index contributed by atoms with van der Waals surface area (Å²) in [5.74, 6) is 0.693. The molecule has 0 N–H and O–H groups in total. The van der Waals surface area contributed by atoms with E-state index in [0.717, 1.165) is 42.6 Å². The van der Waals surface area contributed by atoms with Crippen LogP contribution < -0.4 is 0 Å². The van der Waals surface area contributed by atoms with E-state index in [1.165, 1.54) is 0 Å². The first-order valence-electron chi connectivity index (χ1n) is 9.36. The zero-order valence-electron chi connectivity index (χ0n) is 16.7. The van der Waals surface area contributed by atoms with E-state index in [1.54, 1.807) is 4.68 Å². The topological polar surface area (TPSA) is 54.1 Å². The lowest BCUT2D eigenvalue weighted by atomic mass is 9.73. The quantitative estimate of drug-likeness (QED) is 0.762. The van der Waals surface area contributed by atoms with Gasteiger partial charge >= 0.3 is 0 Å². The van der Waals surface area contributed by atoms with Crippen LogP contribution in [0, 0.1) is 11.3 Å². The van der Waals surface area contributed by atoms with Crippen molar-refractivity contribution in [2.24, 2.45) is 7.05 Å². The third kappa shape index (κ3) is 4.16. The van der Waals surface area contributed by atoms with Crippen LogP contribution in [0.2, 0.25) is 0 Å². The number of ether oxygens (including phenoxy) is 1. The Labute approximate surface area is 161 Å². The van der Waals surface area contributed by atoms with Gasteiger partial charge in [0.1, 0.15) is 5.60 Å². The highest BCUT2D eigenvalue weighted by molar-refractivity contribution is 5.63. The van der Waals surface area contributed by atoms with Crippen molar-refractivity contribution < 1.29 is 4.74 Å². The smallest absolute Gasteiger partial charge is 0.182 e. The highest BCUT2D eigenvalue weighted by atomic mass is 16.5. The summed E-state index contributed by atoms with van der Waals surface area (Å²) in [6.45, 7) is 11.7. The predicted octanol–water partition coefficient (Wildman–Crippen LogP) is 4.23. The second kappa shape index (κ2) is 7.11. The number of benzene rings is 1. The van der Waals surface area contributed by atoms with Crippen molar-refractivity contribution in [3.8, 4) is 17.2 Å². The van der Waals surface area contributed by atoms with Crippen molar-refractivity contribution in [2.75, 3.05) is 13.1 Å². The standard InChI is InChI=1S/C22H28N4O/c1-17(27-21(2,3)4)26-11-9-22(16-23,10-12-26)20-8-6-7-18(13-20)19-14-24-25(5)15-19/h6-8,13-15H,1,9-12H2,2-5H3. The Bertz CT molecular complexity index is 861. The largest absolute Gasteiger partial charge is 0.474 e. The molecule has 2 aromatic rings. The molecule has 1 aromatic carbocycles. The summed E-state index contributed by atoms with van der Waals surface area (Å²) in [6.07, 6.45) is 5.36. The van der Waals surface area contributed by atoms with Crippen LogP contribution in [0.25, 0.3) is 11.1 Å². The van der Waals surface area contributed by atoms with Crippen molar-refractivity contribution in [3.63, 3.8) is 0 Å². The fourth-order valence-corrected chi connectivity index (χ4v) is 3.59. The monoisotopic (exact) mass is 364 g/mol. The van der Waals surface area contributed by atoms with E-state index in [2.05, 4.69) is 40.8 Å². The maximum atomic E-state index is 10.0. The van der Waals surface area contributed by atoms with E-state index >= 15 is 0 Å². The lowest BCUT2D eigenvalue weighted by Crippen LogP contribution is -2.42. The van der Waals surface area contributed by atoms with Gasteiger partial charge in [-0.05, 0) is 57.4 Å². The van der Waals surface area contributed by atoms with Gasteiger partial charge in [-0.1, -0.05) is 18.2 Å². The highest BCUT2D eigenvalue weighted by Gasteiger charge is 2.37. The van der Waals surface area contributed by atoms with Crippen LogP contribution in [-0.2, 0) is 17.2 Å². The molecule has 3 rings (SSSR count). The van der Waals surface area contributed by atoms with E-state index in [-0.39, 0.29) is 5.60 Å². The van der Waals surface area contributed by atoms with Gasteiger partial charge in [0.05, 0.1) is 17.7 Å². The van der Waals surface area contributed by atoms with Crippen molar-refractivity contribution in [3.05, 3.63) is 54.7 Å². The van der Waals surface area contributed by atoms with Gasteiger partial charge in [-0.25, -0.2) is 0 Å². The molecule has 142 valence electrons. The number of rotatable bonds is 4. The first kappa shape index (κ1) is 19.0.